The maximum Gasteiger partial charge on any atom is 0.410 e. The molecule has 2 aromatic heterocycles. The molecule has 4 N–H and O–H groups in total. The van der Waals surface area contributed by atoms with E-state index in [2.05, 4.69) is 36.1 Å². The quantitative estimate of drug-likeness (QED) is 0.202. The molecular weight excluding hydrogens is 587 g/mol. The summed E-state index contributed by atoms with van der Waals surface area (Å²) in [4.78, 5) is 36.2. The van der Waals surface area contributed by atoms with Crippen LogP contribution in [-0.2, 0) is 33.8 Å². The first-order valence-corrected chi connectivity index (χ1v) is 14.6. The molecule has 13 nitrogen and oxygen atoms in total. The second-order valence-corrected chi connectivity index (χ2v) is 10.8. The number of carbonyl (C=O) groups excluding carboxylic acids is 2. The minimum Gasteiger partial charge on any atom is -0.481 e. The molecule has 0 atom stereocenters. The molecule has 0 aliphatic carbocycles. The summed E-state index contributed by atoms with van der Waals surface area (Å²) in [6, 6.07) is 5.15. The number of carboxylic acids is 1. The van der Waals surface area contributed by atoms with Crippen LogP contribution in [0.15, 0.2) is 30.6 Å². The Morgan fingerprint density at radius 1 is 0.905 bits per heavy atom. The monoisotopic (exact) mass is 622 g/mol. The summed E-state index contributed by atoms with van der Waals surface area (Å²) in [5.41, 5.74) is 2.54. The number of piperidine rings is 1. The molecule has 4 rings (SSSR count). The number of aromatic nitrogens is 6. The minimum atomic E-state index is -0.741. The van der Waals surface area contributed by atoms with Gasteiger partial charge in [0.25, 0.3) is 0 Å². The molecule has 2 amide bonds. The Kier molecular flexibility index (Phi) is 14.0. The molecule has 15 heteroatoms. The third kappa shape index (κ3) is 12.9. The Morgan fingerprint density at radius 2 is 1.48 bits per heavy atom. The molecule has 228 valence electrons. The van der Waals surface area contributed by atoms with Gasteiger partial charge in [-0.15, -0.1) is 10.2 Å². The topological polar surface area (TPSA) is 179 Å². The molecule has 0 spiro atoms. The lowest BCUT2D eigenvalue weighted by Crippen LogP contribution is -2.46. The van der Waals surface area contributed by atoms with Gasteiger partial charge in [0.2, 0.25) is 5.91 Å². The van der Waals surface area contributed by atoms with E-state index in [9.17, 15) is 14.4 Å². The van der Waals surface area contributed by atoms with Crippen LogP contribution in [0, 0.1) is 0 Å². The predicted octanol–water partition coefficient (Wildman–Crippen LogP) is 4.34. The van der Waals surface area contributed by atoms with Gasteiger partial charge in [0, 0.05) is 54.4 Å². The van der Waals surface area contributed by atoms with Crippen molar-refractivity contribution in [3.63, 3.8) is 0 Å². The number of carbonyl (C=O) groups is 3. The maximum atomic E-state index is 12.3. The second-order valence-electron chi connectivity index (χ2n) is 9.90. The zero-order valence-corrected chi connectivity index (χ0v) is 24.7. The van der Waals surface area contributed by atoms with Crippen LogP contribution in [0.5, 0.6) is 0 Å². The molecule has 0 saturated carbocycles. The van der Waals surface area contributed by atoms with Crippen LogP contribution in [0.25, 0.3) is 0 Å². The Morgan fingerprint density at radius 3 is 2.00 bits per heavy atom. The van der Waals surface area contributed by atoms with Crippen LogP contribution in [-0.4, -0.2) is 77.9 Å². The number of aryl methyl sites for hydroxylation is 2. The first-order chi connectivity index (χ1) is 20.3. The van der Waals surface area contributed by atoms with Crippen molar-refractivity contribution >= 4 is 41.2 Å². The van der Waals surface area contributed by atoms with E-state index in [0.29, 0.717) is 48.8 Å². The molecule has 0 unspecified atom stereocenters. The number of hydrogen-bond donors (Lipinski definition) is 4. The van der Waals surface area contributed by atoms with Crippen molar-refractivity contribution in [2.45, 2.75) is 76.9 Å². The van der Waals surface area contributed by atoms with Crippen LogP contribution in [0.1, 0.15) is 68.3 Å². The van der Waals surface area contributed by atoms with Gasteiger partial charge in [-0.25, -0.2) is 4.79 Å². The standard InChI is InChI=1S/C20H25Cl2N5O3.C7H11N3O2/c21-15-9-14(10-16(22)11-15)13-30-20(29)27-7-5-17(6-8-27)24-19(28)4-2-1-3-18-12-23-26-25-18;11-7(12)4-2-1-3-6-5-8-10-9-6/h9-12,17H,1-8,13H2,(H,24,28)(H,23,25,26);5H,1-4H2,(H,11,12)(H,8,9,10). The summed E-state index contributed by atoms with van der Waals surface area (Å²) < 4.78 is 5.36. The number of halogens is 2. The third-order valence-electron chi connectivity index (χ3n) is 6.50. The fourth-order valence-corrected chi connectivity index (χ4v) is 4.88. The average Bonchev–Trinajstić information content (AvgIpc) is 3.67. The fourth-order valence-electron chi connectivity index (χ4n) is 4.31. The van der Waals surface area contributed by atoms with E-state index in [1.807, 2.05) is 0 Å². The lowest BCUT2D eigenvalue weighted by molar-refractivity contribution is -0.137. The van der Waals surface area contributed by atoms with Crippen LogP contribution in [0.3, 0.4) is 0 Å². The lowest BCUT2D eigenvalue weighted by atomic mass is 10.0. The lowest BCUT2D eigenvalue weighted by Gasteiger charge is -2.31. The number of amides is 2. The first kappa shape index (κ1) is 32.8. The Hall–Kier alpha value is -3.71. The number of nitrogens with zero attached hydrogens (tertiary/aromatic N) is 5. The molecule has 0 radical (unpaired) electrons. The molecule has 1 aliphatic heterocycles. The average molecular weight is 624 g/mol. The number of H-pyrrole nitrogens is 2. The number of hydrogen-bond acceptors (Lipinski definition) is 8. The minimum absolute atomic E-state index is 0.0500. The molecule has 1 aromatic carbocycles. The van der Waals surface area contributed by atoms with E-state index in [1.165, 1.54) is 0 Å². The van der Waals surface area contributed by atoms with Gasteiger partial charge in [0.15, 0.2) is 0 Å². The van der Waals surface area contributed by atoms with E-state index in [0.717, 1.165) is 49.1 Å². The molecule has 0 bridgehead atoms. The van der Waals surface area contributed by atoms with Gasteiger partial charge in [-0.05, 0) is 75.1 Å². The largest absolute Gasteiger partial charge is 0.481 e. The molecular formula is C27H36Cl2N8O5. The van der Waals surface area contributed by atoms with E-state index in [4.69, 9.17) is 33.0 Å². The van der Waals surface area contributed by atoms with Crippen molar-refractivity contribution < 1.29 is 24.2 Å². The number of unbranched alkanes of at least 4 members (excludes halogenated alkanes) is 2. The zero-order chi connectivity index (χ0) is 30.2. The molecule has 3 aromatic rings. The van der Waals surface area contributed by atoms with E-state index in [1.54, 1.807) is 35.5 Å². The van der Waals surface area contributed by atoms with Crippen molar-refractivity contribution in [2.75, 3.05) is 13.1 Å². The summed E-state index contributed by atoms with van der Waals surface area (Å²) >= 11 is 11.9. The van der Waals surface area contributed by atoms with Crippen LogP contribution in [0.4, 0.5) is 4.79 Å². The Bertz CT molecular complexity index is 1220. The van der Waals surface area contributed by atoms with Crippen molar-refractivity contribution in [1.29, 1.82) is 0 Å². The highest BCUT2D eigenvalue weighted by Crippen LogP contribution is 2.20. The van der Waals surface area contributed by atoms with Gasteiger partial charge < -0.3 is 20.1 Å². The summed E-state index contributed by atoms with van der Waals surface area (Å²) in [7, 11) is 0. The van der Waals surface area contributed by atoms with Gasteiger partial charge in [0.1, 0.15) is 6.61 Å². The van der Waals surface area contributed by atoms with E-state index >= 15 is 0 Å². The molecule has 42 heavy (non-hydrogen) atoms. The smallest absolute Gasteiger partial charge is 0.410 e. The predicted molar refractivity (Wildman–Crippen MR) is 155 cm³/mol. The maximum absolute atomic E-state index is 12.3. The number of aliphatic carboxylic acids is 1. The summed E-state index contributed by atoms with van der Waals surface area (Å²) in [5, 5.41) is 32.6. The Balaban J connectivity index is 0.000000337. The van der Waals surface area contributed by atoms with Gasteiger partial charge >= 0.3 is 12.1 Å². The van der Waals surface area contributed by atoms with Gasteiger partial charge in [-0.1, -0.05) is 33.6 Å². The highest BCUT2D eigenvalue weighted by atomic mass is 35.5. The SMILES string of the molecule is O=C(CCCCc1c[nH]nn1)NC1CCN(C(=O)OCc2cc(Cl)cc(Cl)c2)CC1.O=C(O)CCCCc1c[nH]nn1. The molecule has 3 heterocycles. The number of nitrogens with one attached hydrogen (secondary N) is 3. The number of likely N-dealkylation sites (tertiary alicyclic amines) is 1. The molecule has 1 aliphatic rings. The highest BCUT2D eigenvalue weighted by Gasteiger charge is 2.24. The van der Waals surface area contributed by atoms with Crippen LogP contribution < -0.4 is 5.32 Å². The Labute approximate surface area is 253 Å². The van der Waals surface area contributed by atoms with E-state index in [-0.39, 0.29) is 31.1 Å². The van der Waals surface area contributed by atoms with Gasteiger partial charge in [0.05, 0.1) is 11.4 Å². The van der Waals surface area contributed by atoms with Crippen molar-refractivity contribution in [2.24, 2.45) is 0 Å². The number of carboxylic acid groups (broad SMARTS) is 1. The van der Waals surface area contributed by atoms with Crippen molar-refractivity contribution in [3.05, 3.63) is 57.6 Å². The summed E-state index contributed by atoms with van der Waals surface area (Å²) in [5.74, 6) is -0.691. The third-order valence-corrected chi connectivity index (χ3v) is 6.93. The van der Waals surface area contributed by atoms with Crippen LogP contribution >= 0.6 is 23.2 Å². The van der Waals surface area contributed by atoms with Crippen LogP contribution in [0.2, 0.25) is 10.0 Å². The number of ether oxygens (including phenoxy) is 1. The zero-order valence-electron chi connectivity index (χ0n) is 23.2. The first-order valence-electron chi connectivity index (χ1n) is 13.9. The molecule has 1 fully saturated rings. The van der Waals surface area contributed by atoms with Gasteiger partial charge in [-0.2, -0.15) is 0 Å². The normalized spacial score (nSPS) is 13.2. The number of aromatic amines is 2. The summed E-state index contributed by atoms with van der Waals surface area (Å²) in [6.07, 6.45) is 10.1. The van der Waals surface area contributed by atoms with Crippen molar-refractivity contribution in [1.82, 2.24) is 41.0 Å². The number of rotatable bonds is 13. The van der Waals surface area contributed by atoms with E-state index < -0.39 is 5.97 Å². The van der Waals surface area contributed by atoms with Crippen molar-refractivity contribution in [3.8, 4) is 0 Å². The fraction of sp³-hybridized carbons (Fsp3) is 0.519. The second kappa shape index (κ2) is 18.0. The number of benzene rings is 1. The highest BCUT2D eigenvalue weighted by molar-refractivity contribution is 6.34. The van der Waals surface area contributed by atoms with Gasteiger partial charge in [-0.3, -0.25) is 19.8 Å². The molecule has 1 saturated heterocycles. The summed E-state index contributed by atoms with van der Waals surface area (Å²) in [6.45, 7) is 1.21.